The van der Waals surface area contributed by atoms with Gasteiger partial charge in [0.1, 0.15) is 5.60 Å². The number of ether oxygens (including phenoxy) is 1. The van der Waals surface area contributed by atoms with E-state index in [1.54, 1.807) is 13.8 Å². The molecule has 1 saturated heterocycles. The van der Waals surface area contributed by atoms with Gasteiger partial charge < -0.3 is 4.74 Å². The van der Waals surface area contributed by atoms with E-state index in [0.717, 1.165) is 6.26 Å². The van der Waals surface area contributed by atoms with Crippen molar-refractivity contribution in [2.45, 2.75) is 25.0 Å². The Bertz CT molecular complexity index is 360. The van der Waals surface area contributed by atoms with E-state index in [2.05, 4.69) is 0 Å². The summed E-state index contributed by atoms with van der Waals surface area (Å²) in [5, 5.41) is 8.47. The van der Waals surface area contributed by atoms with Crippen LogP contribution in [0.5, 0.6) is 0 Å². The zero-order chi connectivity index (χ0) is 11.2. The van der Waals surface area contributed by atoms with Crippen LogP contribution in [0.25, 0.3) is 0 Å². The second kappa shape index (κ2) is 2.91. The molecule has 82 valence electrons. The Morgan fingerprint density at radius 2 is 1.93 bits per heavy atom. The SMILES string of the molecule is CC1(C)OC1(CS(C)(=O)=O)C(=O)NO. The summed E-state index contributed by atoms with van der Waals surface area (Å²) < 4.78 is 27.2. The maximum Gasteiger partial charge on any atom is 0.279 e. The fourth-order valence-electron chi connectivity index (χ4n) is 1.46. The molecule has 1 fully saturated rings. The minimum atomic E-state index is -3.34. The number of hydroxylamine groups is 1. The van der Waals surface area contributed by atoms with Gasteiger partial charge in [-0.3, -0.25) is 10.0 Å². The van der Waals surface area contributed by atoms with Crippen LogP contribution in [0.15, 0.2) is 0 Å². The lowest BCUT2D eigenvalue weighted by Crippen LogP contribution is -2.44. The lowest BCUT2D eigenvalue weighted by molar-refractivity contribution is -0.134. The highest BCUT2D eigenvalue weighted by Gasteiger charge is 2.70. The third kappa shape index (κ3) is 1.75. The normalized spacial score (nSPS) is 29.7. The highest BCUT2D eigenvalue weighted by molar-refractivity contribution is 7.90. The minimum absolute atomic E-state index is 0.431. The molecule has 7 heteroatoms. The summed E-state index contributed by atoms with van der Waals surface area (Å²) in [4.78, 5) is 11.2. The second-order valence-corrected chi connectivity index (χ2v) is 6.09. The number of hydrogen-bond donors (Lipinski definition) is 2. The first-order chi connectivity index (χ1) is 6.15. The van der Waals surface area contributed by atoms with Crippen LogP contribution in [0.3, 0.4) is 0 Å². The Balaban J connectivity index is 2.94. The molecule has 1 amide bonds. The fraction of sp³-hybridized carbons (Fsp3) is 0.857. The molecule has 1 atom stereocenters. The number of hydrogen-bond acceptors (Lipinski definition) is 5. The molecule has 0 radical (unpaired) electrons. The number of rotatable bonds is 3. The first-order valence-corrected chi connectivity index (χ1v) is 6.03. The van der Waals surface area contributed by atoms with Crippen LogP contribution in [0, 0.1) is 0 Å². The molecule has 2 N–H and O–H groups in total. The quantitative estimate of drug-likeness (QED) is 0.366. The van der Waals surface area contributed by atoms with Gasteiger partial charge in [0.2, 0.25) is 0 Å². The smallest absolute Gasteiger partial charge is 0.279 e. The van der Waals surface area contributed by atoms with E-state index in [0.29, 0.717) is 0 Å². The van der Waals surface area contributed by atoms with E-state index in [1.807, 2.05) is 0 Å². The van der Waals surface area contributed by atoms with Crippen molar-refractivity contribution in [2.24, 2.45) is 0 Å². The van der Waals surface area contributed by atoms with Crippen molar-refractivity contribution in [1.29, 1.82) is 0 Å². The number of amides is 1. The highest BCUT2D eigenvalue weighted by Crippen LogP contribution is 2.48. The van der Waals surface area contributed by atoms with Crippen LogP contribution in [0.1, 0.15) is 13.8 Å². The Morgan fingerprint density at radius 3 is 2.14 bits per heavy atom. The summed E-state index contributed by atoms with van der Waals surface area (Å²) in [6, 6.07) is 0. The first-order valence-electron chi connectivity index (χ1n) is 3.97. The molecule has 0 aromatic carbocycles. The van der Waals surface area contributed by atoms with Gasteiger partial charge in [-0.1, -0.05) is 0 Å². The van der Waals surface area contributed by atoms with E-state index < -0.39 is 32.7 Å². The largest absolute Gasteiger partial charge is 0.351 e. The topological polar surface area (TPSA) is 96.0 Å². The van der Waals surface area contributed by atoms with E-state index in [4.69, 9.17) is 9.94 Å². The average molecular weight is 223 g/mol. The Morgan fingerprint density at radius 1 is 1.50 bits per heavy atom. The number of sulfone groups is 1. The summed E-state index contributed by atoms with van der Waals surface area (Å²) in [7, 11) is -3.34. The number of epoxide rings is 1. The van der Waals surface area contributed by atoms with Crippen LogP contribution >= 0.6 is 0 Å². The maximum absolute atomic E-state index is 11.2. The van der Waals surface area contributed by atoms with E-state index in [-0.39, 0.29) is 0 Å². The molecule has 14 heavy (non-hydrogen) atoms. The summed E-state index contributed by atoms with van der Waals surface area (Å²) in [5.74, 6) is -1.26. The Kier molecular flexibility index (Phi) is 2.38. The fourth-order valence-corrected chi connectivity index (χ4v) is 2.73. The molecule has 0 spiro atoms. The van der Waals surface area contributed by atoms with Gasteiger partial charge in [0.05, 0.1) is 5.75 Å². The molecular formula is C7H13NO5S. The van der Waals surface area contributed by atoms with Crippen molar-refractivity contribution in [3.05, 3.63) is 0 Å². The lowest BCUT2D eigenvalue weighted by Gasteiger charge is -2.10. The van der Waals surface area contributed by atoms with Crippen LogP contribution in [0.2, 0.25) is 0 Å². The van der Waals surface area contributed by atoms with Gasteiger partial charge in [-0.25, -0.2) is 13.9 Å². The molecular weight excluding hydrogens is 210 g/mol. The molecule has 0 aromatic heterocycles. The second-order valence-electron chi connectivity index (χ2n) is 3.95. The molecule has 0 bridgehead atoms. The Hall–Kier alpha value is -0.660. The number of carbonyl (C=O) groups is 1. The lowest BCUT2D eigenvalue weighted by atomic mass is 9.97. The zero-order valence-corrected chi connectivity index (χ0v) is 9.01. The molecule has 6 nitrogen and oxygen atoms in total. The van der Waals surface area contributed by atoms with Gasteiger partial charge in [0, 0.05) is 6.26 Å². The zero-order valence-electron chi connectivity index (χ0n) is 8.20. The first kappa shape index (κ1) is 11.4. The van der Waals surface area contributed by atoms with Crippen LogP contribution < -0.4 is 5.48 Å². The molecule has 1 rings (SSSR count). The predicted octanol–water partition coefficient (Wildman–Crippen LogP) is -0.916. The standard InChI is InChI=1S/C7H13NO5S/c1-6(2)7(13-6,5(9)8-10)4-14(3,11)12/h10H,4H2,1-3H3,(H,8,9). The summed E-state index contributed by atoms with van der Waals surface area (Å²) in [5.41, 5.74) is -0.890. The van der Waals surface area contributed by atoms with Gasteiger partial charge in [0.25, 0.3) is 5.91 Å². The third-order valence-electron chi connectivity index (χ3n) is 2.29. The number of carbonyl (C=O) groups excluding carboxylic acids is 1. The van der Waals surface area contributed by atoms with Crippen molar-refractivity contribution >= 4 is 15.7 Å². The molecule has 1 heterocycles. The highest BCUT2D eigenvalue weighted by atomic mass is 32.2. The molecule has 0 aromatic rings. The Labute approximate surface area is 82.1 Å². The van der Waals surface area contributed by atoms with Crippen molar-refractivity contribution in [1.82, 2.24) is 5.48 Å². The average Bonchev–Trinajstić information content (AvgIpc) is 2.49. The predicted molar refractivity (Wildman–Crippen MR) is 47.5 cm³/mol. The van der Waals surface area contributed by atoms with Gasteiger partial charge in [0.15, 0.2) is 15.4 Å². The van der Waals surface area contributed by atoms with Gasteiger partial charge in [-0.15, -0.1) is 0 Å². The van der Waals surface area contributed by atoms with Crippen molar-refractivity contribution < 1.29 is 23.2 Å². The maximum atomic E-state index is 11.2. The third-order valence-corrected chi connectivity index (χ3v) is 3.22. The van der Waals surface area contributed by atoms with Gasteiger partial charge in [-0.05, 0) is 13.8 Å². The monoisotopic (exact) mass is 223 g/mol. The summed E-state index contributed by atoms with van der Waals surface area (Å²) >= 11 is 0. The molecule has 1 unspecified atom stereocenters. The molecule has 1 aliphatic rings. The molecule has 0 aliphatic carbocycles. The summed E-state index contributed by atoms with van der Waals surface area (Å²) in [6.07, 6.45) is 1.01. The van der Waals surface area contributed by atoms with Crippen molar-refractivity contribution in [3.8, 4) is 0 Å². The van der Waals surface area contributed by atoms with Gasteiger partial charge in [-0.2, -0.15) is 0 Å². The summed E-state index contributed by atoms with van der Waals surface area (Å²) in [6.45, 7) is 3.18. The molecule has 1 aliphatic heterocycles. The van der Waals surface area contributed by atoms with E-state index in [1.165, 1.54) is 5.48 Å². The van der Waals surface area contributed by atoms with Crippen LogP contribution in [-0.2, 0) is 19.4 Å². The van der Waals surface area contributed by atoms with Crippen molar-refractivity contribution in [2.75, 3.05) is 12.0 Å². The van der Waals surface area contributed by atoms with E-state index in [9.17, 15) is 13.2 Å². The van der Waals surface area contributed by atoms with E-state index >= 15 is 0 Å². The number of nitrogens with one attached hydrogen (secondary N) is 1. The minimum Gasteiger partial charge on any atom is -0.351 e. The van der Waals surface area contributed by atoms with Crippen LogP contribution in [-0.4, -0.2) is 42.7 Å². The van der Waals surface area contributed by atoms with Gasteiger partial charge >= 0.3 is 0 Å². The molecule has 0 saturated carbocycles. The van der Waals surface area contributed by atoms with Crippen molar-refractivity contribution in [3.63, 3.8) is 0 Å². The van der Waals surface area contributed by atoms with Crippen LogP contribution in [0.4, 0.5) is 0 Å².